The topological polar surface area (TPSA) is 60.9 Å². The Labute approximate surface area is 184 Å². The molecule has 0 saturated heterocycles. The molecule has 32 heavy (non-hydrogen) atoms. The molecular formula is C22H15F3N2O4S. The van der Waals surface area contributed by atoms with Gasteiger partial charge in [-0.25, -0.2) is 4.98 Å². The third-order valence-electron chi connectivity index (χ3n) is 5.95. The van der Waals surface area contributed by atoms with E-state index in [-0.39, 0.29) is 24.1 Å². The van der Waals surface area contributed by atoms with Crippen LogP contribution in [0.2, 0.25) is 0 Å². The number of hydrogen-bond acceptors (Lipinski definition) is 6. The van der Waals surface area contributed by atoms with Crippen molar-refractivity contribution >= 4 is 22.9 Å². The van der Waals surface area contributed by atoms with Gasteiger partial charge in [0.1, 0.15) is 36.0 Å². The van der Waals surface area contributed by atoms with E-state index in [1.54, 1.807) is 24.3 Å². The van der Waals surface area contributed by atoms with Gasteiger partial charge in [-0.1, -0.05) is 18.2 Å². The van der Waals surface area contributed by atoms with E-state index in [0.717, 1.165) is 22.3 Å². The number of anilines is 1. The highest BCUT2D eigenvalue weighted by Crippen LogP contribution is 2.55. The first-order valence-electron chi connectivity index (χ1n) is 9.88. The molecule has 0 radical (unpaired) electrons. The number of carbonyl (C=O) groups excluding carboxylic acids is 1. The van der Waals surface area contributed by atoms with Crippen molar-refractivity contribution in [2.45, 2.75) is 18.1 Å². The summed E-state index contributed by atoms with van der Waals surface area (Å²) in [5, 5.41) is 1.17. The molecule has 0 N–H and O–H groups in total. The molecule has 10 heteroatoms. The molecule has 3 aliphatic rings. The molecule has 6 rings (SSSR count). The molecule has 1 spiro atoms. The number of hydrogen-bond donors (Lipinski definition) is 0. The van der Waals surface area contributed by atoms with Crippen LogP contribution < -0.4 is 19.1 Å². The van der Waals surface area contributed by atoms with Gasteiger partial charge in [-0.15, -0.1) is 11.3 Å². The predicted molar refractivity (Wildman–Crippen MR) is 108 cm³/mol. The van der Waals surface area contributed by atoms with E-state index < -0.39 is 17.3 Å². The van der Waals surface area contributed by atoms with E-state index in [1.165, 1.54) is 4.90 Å². The van der Waals surface area contributed by atoms with Gasteiger partial charge in [0.05, 0.1) is 6.54 Å². The molecule has 2 aromatic carbocycles. The first-order valence-corrected chi connectivity index (χ1v) is 10.8. The summed E-state index contributed by atoms with van der Waals surface area (Å²) in [5.74, 6) is 1.37. The van der Waals surface area contributed by atoms with Gasteiger partial charge >= 0.3 is 6.18 Å². The van der Waals surface area contributed by atoms with Crippen molar-refractivity contribution in [2.24, 2.45) is 0 Å². The molecule has 3 aliphatic heterocycles. The Morgan fingerprint density at radius 1 is 1.03 bits per heavy atom. The molecule has 0 saturated carbocycles. The normalized spacial score (nSPS) is 21.0. The van der Waals surface area contributed by atoms with Crippen LogP contribution in [0.3, 0.4) is 0 Å². The summed E-state index contributed by atoms with van der Waals surface area (Å²) < 4.78 is 56.3. The molecule has 1 aromatic heterocycles. The molecule has 0 fully saturated rings. The Morgan fingerprint density at radius 2 is 1.78 bits per heavy atom. The number of aromatic nitrogens is 1. The number of fused-ring (bicyclic) bond motifs is 5. The first-order chi connectivity index (χ1) is 15.4. The van der Waals surface area contributed by atoms with Gasteiger partial charge < -0.3 is 19.1 Å². The monoisotopic (exact) mass is 460 g/mol. The summed E-state index contributed by atoms with van der Waals surface area (Å²) in [6.45, 7) is 0.865. The summed E-state index contributed by atoms with van der Waals surface area (Å²) >= 11 is 0.882. The van der Waals surface area contributed by atoms with Crippen LogP contribution in [-0.2, 0) is 22.9 Å². The quantitative estimate of drug-likeness (QED) is 0.575. The van der Waals surface area contributed by atoms with Crippen LogP contribution in [-0.4, -0.2) is 30.7 Å². The van der Waals surface area contributed by atoms with Crippen LogP contribution in [0.5, 0.6) is 17.2 Å². The number of para-hydroxylation sites is 1. The van der Waals surface area contributed by atoms with E-state index in [4.69, 9.17) is 14.2 Å². The molecule has 3 aromatic rings. The number of alkyl halides is 3. The predicted octanol–water partition coefficient (Wildman–Crippen LogP) is 4.16. The van der Waals surface area contributed by atoms with E-state index in [9.17, 15) is 18.0 Å². The van der Waals surface area contributed by atoms with Crippen LogP contribution in [0.4, 0.5) is 18.9 Å². The number of rotatable bonds is 2. The Morgan fingerprint density at radius 3 is 2.53 bits per heavy atom. The molecule has 6 nitrogen and oxygen atoms in total. The number of carbonyl (C=O) groups is 1. The number of amides is 1. The summed E-state index contributed by atoms with van der Waals surface area (Å²) in [7, 11) is 0. The zero-order chi connectivity index (χ0) is 22.1. The zero-order valence-electron chi connectivity index (χ0n) is 16.4. The number of nitrogens with zero attached hydrogens (tertiary/aromatic N) is 2. The number of benzene rings is 2. The smallest absolute Gasteiger partial charge is 0.434 e. The van der Waals surface area contributed by atoms with Crippen LogP contribution in [0.1, 0.15) is 21.8 Å². The van der Waals surface area contributed by atoms with Crippen molar-refractivity contribution in [1.82, 2.24) is 4.98 Å². The molecule has 0 bridgehead atoms. The van der Waals surface area contributed by atoms with Crippen molar-refractivity contribution in [2.75, 3.05) is 24.7 Å². The van der Waals surface area contributed by atoms with Crippen LogP contribution in [0, 0.1) is 0 Å². The van der Waals surface area contributed by atoms with Gasteiger partial charge in [-0.05, 0) is 17.7 Å². The Hall–Kier alpha value is -3.27. The molecule has 1 atom stereocenters. The summed E-state index contributed by atoms with van der Waals surface area (Å²) in [5.41, 5.74) is -0.0192. The molecule has 1 unspecified atom stereocenters. The fourth-order valence-electron chi connectivity index (χ4n) is 4.52. The summed E-state index contributed by atoms with van der Waals surface area (Å²) in [6.07, 6.45) is -4.53. The van der Waals surface area contributed by atoms with Crippen LogP contribution in [0.15, 0.2) is 41.8 Å². The van der Waals surface area contributed by atoms with Crippen LogP contribution >= 0.6 is 11.3 Å². The second kappa shape index (κ2) is 6.61. The first kappa shape index (κ1) is 19.4. The number of ether oxygens (including phenoxy) is 3. The van der Waals surface area contributed by atoms with Crippen molar-refractivity contribution in [1.29, 1.82) is 0 Å². The lowest BCUT2D eigenvalue weighted by Gasteiger charge is -2.24. The van der Waals surface area contributed by atoms with E-state index in [1.807, 2.05) is 12.1 Å². The second-order valence-electron chi connectivity index (χ2n) is 7.72. The minimum absolute atomic E-state index is 0.0573. The van der Waals surface area contributed by atoms with Gasteiger partial charge in [0.15, 0.2) is 17.2 Å². The largest absolute Gasteiger partial charge is 0.491 e. The SMILES string of the molecule is O=C1N(Cc2nc(C(F)(F)F)cs2)c2ccccc2C12COc1cc3c(cc12)OCCO3. The maximum absolute atomic E-state index is 13.9. The molecule has 0 aliphatic carbocycles. The summed E-state index contributed by atoms with van der Waals surface area (Å²) in [6, 6.07) is 10.8. The fourth-order valence-corrected chi connectivity index (χ4v) is 5.31. The third-order valence-corrected chi connectivity index (χ3v) is 6.78. The van der Waals surface area contributed by atoms with E-state index in [0.29, 0.717) is 41.7 Å². The molecule has 1 amide bonds. The highest BCUT2D eigenvalue weighted by atomic mass is 32.1. The van der Waals surface area contributed by atoms with Crippen molar-refractivity contribution in [3.05, 3.63) is 63.6 Å². The van der Waals surface area contributed by atoms with Crippen molar-refractivity contribution < 1.29 is 32.2 Å². The maximum atomic E-state index is 13.9. The Balaban J connectivity index is 1.44. The van der Waals surface area contributed by atoms with Crippen molar-refractivity contribution in [3.63, 3.8) is 0 Å². The van der Waals surface area contributed by atoms with Gasteiger partial charge in [-0.2, -0.15) is 13.2 Å². The second-order valence-corrected chi connectivity index (χ2v) is 8.66. The number of thiazole rings is 1. The van der Waals surface area contributed by atoms with Gasteiger partial charge in [0, 0.05) is 22.7 Å². The van der Waals surface area contributed by atoms with Crippen LogP contribution in [0.25, 0.3) is 0 Å². The highest BCUT2D eigenvalue weighted by Gasteiger charge is 2.57. The van der Waals surface area contributed by atoms with Gasteiger partial charge in [0.2, 0.25) is 5.91 Å². The fraction of sp³-hybridized carbons (Fsp3) is 0.273. The van der Waals surface area contributed by atoms with E-state index >= 15 is 0 Å². The standard InChI is InChI=1S/C22H15F3N2O4S/c23-22(24,25)18-10-32-19(26-18)9-27-14-4-2-1-3-12(14)21(20(27)28)11-31-15-8-17-16(7-13(15)21)29-5-6-30-17/h1-4,7-8,10H,5-6,9,11H2. The molecule has 4 heterocycles. The lowest BCUT2D eigenvalue weighted by atomic mass is 9.77. The summed E-state index contributed by atoms with van der Waals surface area (Å²) in [4.78, 5) is 19.0. The van der Waals surface area contributed by atoms with E-state index in [2.05, 4.69) is 4.98 Å². The number of halogens is 3. The lowest BCUT2D eigenvalue weighted by molar-refractivity contribution is -0.140. The van der Waals surface area contributed by atoms with Crippen molar-refractivity contribution in [3.8, 4) is 17.2 Å². The maximum Gasteiger partial charge on any atom is 0.434 e. The van der Waals surface area contributed by atoms with Gasteiger partial charge in [0.25, 0.3) is 0 Å². The Kier molecular flexibility index (Phi) is 4.01. The average Bonchev–Trinajstić information content (AvgIpc) is 3.46. The van der Waals surface area contributed by atoms with Gasteiger partial charge in [-0.3, -0.25) is 4.79 Å². The third kappa shape index (κ3) is 2.65. The highest BCUT2D eigenvalue weighted by molar-refractivity contribution is 7.09. The molecular weight excluding hydrogens is 445 g/mol. The zero-order valence-corrected chi connectivity index (χ0v) is 17.3. The molecule has 164 valence electrons. The Bertz CT molecular complexity index is 1260. The minimum atomic E-state index is -4.53. The minimum Gasteiger partial charge on any atom is -0.491 e. The average molecular weight is 460 g/mol. The lowest BCUT2D eigenvalue weighted by Crippen LogP contribution is -2.42.